The van der Waals surface area contributed by atoms with Gasteiger partial charge < -0.3 is 9.47 Å². The minimum Gasteiger partial charge on any atom is -0.490 e. The van der Waals surface area contributed by atoms with Crippen molar-refractivity contribution in [2.45, 2.75) is 45.6 Å². The molecule has 3 aromatic rings. The van der Waals surface area contributed by atoms with Gasteiger partial charge in [-0.2, -0.15) is 9.65 Å². The molecule has 0 fully saturated rings. The lowest BCUT2D eigenvalue weighted by Crippen LogP contribution is -2.01. The highest BCUT2D eigenvalue weighted by atomic mass is 19.2. The summed E-state index contributed by atoms with van der Waals surface area (Å²) in [5, 5.41) is 8.74. The summed E-state index contributed by atoms with van der Waals surface area (Å²) in [6.07, 6.45) is 9.21. The van der Waals surface area contributed by atoms with E-state index in [1.807, 2.05) is 12.1 Å². The number of nitriles is 1. The Morgan fingerprint density at radius 3 is 2.28 bits per heavy atom. The normalized spacial score (nSPS) is 10.6. The lowest BCUT2D eigenvalue weighted by Gasteiger charge is -2.09. The van der Waals surface area contributed by atoms with E-state index in [0.29, 0.717) is 18.2 Å². The van der Waals surface area contributed by atoms with Crippen LogP contribution in [0, 0.1) is 23.0 Å². The number of hydrogen-bond acceptors (Lipinski definition) is 5. The van der Waals surface area contributed by atoms with E-state index in [2.05, 4.69) is 16.9 Å². The van der Waals surface area contributed by atoms with Gasteiger partial charge in [0.25, 0.3) is 0 Å². The van der Waals surface area contributed by atoms with E-state index in [1.54, 1.807) is 30.6 Å². The van der Waals surface area contributed by atoms with E-state index in [9.17, 15) is 8.78 Å². The first-order valence-electron chi connectivity index (χ1n) is 10.7. The van der Waals surface area contributed by atoms with Crippen LogP contribution in [0.25, 0.3) is 11.4 Å². The molecule has 0 saturated heterocycles. The molecule has 0 saturated carbocycles. The fourth-order valence-corrected chi connectivity index (χ4v) is 3.08. The summed E-state index contributed by atoms with van der Waals surface area (Å²) in [5.41, 5.74) is 1.22. The van der Waals surface area contributed by atoms with Crippen LogP contribution < -0.4 is 9.47 Å². The Kier molecular flexibility index (Phi) is 8.50. The maximum Gasteiger partial charge on any atom is 0.202 e. The van der Waals surface area contributed by atoms with Crippen molar-refractivity contribution in [1.82, 2.24) is 9.97 Å². The SMILES string of the molecule is CCCCCCCOc1cnc(-c2ccc(COc3ccc(C#N)c(F)c3F)cc2)nc1. The van der Waals surface area contributed by atoms with E-state index in [4.69, 9.17) is 14.7 Å². The number of rotatable bonds is 11. The number of nitrogens with zero attached hydrogens (tertiary/aromatic N) is 3. The van der Waals surface area contributed by atoms with Crippen molar-refractivity contribution in [2.75, 3.05) is 6.61 Å². The van der Waals surface area contributed by atoms with E-state index in [0.717, 1.165) is 24.0 Å². The molecule has 0 N–H and O–H groups in total. The van der Waals surface area contributed by atoms with Crippen molar-refractivity contribution in [3.8, 4) is 29.0 Å². The van der Waals surface area contributed by atoms with Gasteiger partial charge in [-0.05, 0) is 24.1 Å². The van der Waals surface area contributed by atoms with Gasteiger partial charge in [0.15, 0.2) is 23.1 Å². The van der Waals surface area contributed by atoms with Crippen LogP contribution in [-0.4, -0.2) is 16.6 Å². The predicted octanol–water partition coefficient (Wildman–Crippen LogP) is 6.22. The quantitative estimate of drug-likeness (QED) is 0.333. The number of benzene rings is 2. The molecule has 5 nitrogen and oxygen atoms in total. The molecular weight excluding hydrogens is 412 g/mol. The van der Waals surface area contributed by atoms with Gasteiger partial charge in [0.05, 0.1) is 24.6 Å². The average molecular weight is 437 g/mol. The molecule has 0 aliphatic rings. The smallest absolute Gasteiger partial charge is 0.202 e. The number of halogens is 2. The van der Waals surface area contributed by atoms with E-state index in [-0.39, 0.29) is 17.9 Å². The topological polar surface area (TPSA) is 68.0 Å². The average Bonchev–Trinajstić information content (AvgIpc) is 2.83. The van der Waals surface area contributed by atoms with Crippen LogP contribution in [0.3, 0.4) is 0 Å². The zero-order valence-corrected chi connectivity index (χ0v) is 18.0. The van der Waals surface area contributed by atoms with Gasteiger partial charge in [0.2, 0.25) is 5.82 Å². The van der Waals surface area contributed by atoms with Crippen LogP contribution in [0.15, 0.2) is 48.8 Å². The van der Waals surface area contributed by atoms with Crippen LogP contribution in [0.5, 0.6) is 11.5 Å². The third kappa shape index (κ3) is 6.24. The molecule has 3 rings (SSSR count). The second-order valence-electron chi connectivity index (χ2n) is 7.34. The third-order valence-corrected chi connectivity index (χ3v) is 4.92. The summed E-state index contributed by atoms with van der Waals surface area (Å²) in [7, 11) is 0. The largest absolute Gasteiger partial charge is 0.490 e. The van der Waals surface area contributed by atoms with Gasteiger partial charge in [-0.3, -0.25) is 0 Å². The molecule has 0 amide bonds. The summed E-state index contributed by atoms with van der Waals surface area (Å²) in [4.78, 5) is 8.71. The molecular formula is C25H25F2N3O2. The molecule has 0 spiro atoms. The Balaban J connectivity index is 1.52. The highest BCUT2D eigenvalue weighted by molar-refractivity contribution is 5.55. The summed E-state index contributed by atoms with van der Waals surface area (Å²) in [5.74, 6) is -1.41. The minimum absolute atomic E-state index is 0.0500. The molecule has 7 heteroatoms. The summed E-state index contributed by atoms with van der Waals surface area (Å²) in [6, 6.07) is 11.3. The Labute approximate surface area is 186 Å². The standard InChI is InChI=1S/C25H25F2N3O2/c1-2-3-4-5-6-13-31-21-15-29-25(30-16-21)19-9-7-18(8-10-19)17-32-22-12-11-20(14-28)23(26)24(22)27/h7-12,15-16H,2-6,13,17H2,1H3. The first-order chi connectivity index (χ1) is 15.6. The highest BCUT2D eigenvalue weighted by Crippen LogP contribution is 2.24. The highest BCUT2D eigenvalue weighted by Gasteiger charge is 2.14. The fourth-order valence-electron chi connectivity index (χ4n) is 3.08. The van der Waals surface area contributed by atoms with Gasteiger partial charge in [-0.25, -0.2) is 14.4 Å². The maximum atomic E-state index is 13.9. The number of ether oxygens (including phenoxy) is 2. The van der Waals surface area contributed by atoms with E-state index >= 15 is 0 Å². The molecule has 166 valence electrons. The fraction of sp³-hybridized carbons (Fsp3) is 0.320. The second kappa shape index (κ2) is 11.8. The Hall–Kier alpha value is -3.53. The third-order valence-electron chi connectivity index (χ3n) is 4.92. The van der Waals surface area contributed by atoms with Crippen molar-refractivity contribution in [2.24, 2.45) is 0 Å². The van der Waals surface area contributed by atoms with Crippen LogP contribution in [0.2, 0.25) is 0 Å². The number of unbranched alkanes of at least 4 members (excludes halogenated alkanes) is 4. The van der Waals surface area contributed by atoms with Crippen LogP contribution in [0.4, 0.5) is 8.78 Å². The predicted molar refractivity (Wildman–Crippen MR) is 117 cm³/mol. The Morgan fingerprint density at radius 1 is 0.875 bits per heavy atom. The second-order valence-corrected chi connectivity index (χ2v) is 7.34. The van der Waals surface area contributed by atoms with Crippen LogP contribution in [0.1, 0.15) is 50.2 Å². The molecule has 1 aromatic heterocycles. The maximum absolute atomic E-state index is 13.9. The lowest BCUT2D eigenvalue weighted by molar-refractivity contribution is 0.284. The first kappa shape index (κ1) is 23.1. The van der Waals surface area contributed by atoms with Crippen molar-refractivity contribution < 1.29 is 18.3 Å². The molecule has 0 unspecified atom stereocenters. The summed E-state index contributed by atoms with van der Waals surface area (Å²) < 4.78 is 38.7. The zero-order chi connectivity index (χ0) is 22.8. The Bertz CT molecular complexity index is 1050. The molecule has 0 atom stereocenters. The van der Waals surface area contributed by atoms with Gasteiger partial charge in [0, 0.05) is 5.56 Å². The number of aromatic nitrogens is 2. The summed E-state index contributed by atoms with van der Waals surface area (Å²) >= 11 is 0. The van der Waals surface area contributed by atoms with Crippen LogP contribution >= 0.6 is 0 Å². The van der Waals surface area contributed by atoms with Crippen molar-refractivity contribution in [3.63, 3.8) is 0 Å². The molecule has 2 aromatic carbocycles. The molecule has 1 heterocycles. The minimum atomic E-state index is -1.21. The molecule has 0 aliphatic carbocycles. The van der Waals surface area contributed by atoms with E-state index < -0.39 is 11.6 Å². The molecule has 0 aliphatic heterocycles. The van der Waals surface area contributed by atoms with Crippen molar-refractivity contribution >= 4 is 0 Å². The van der Waals surface area contributed by atoms with Crippen molar-refractivity contribution in [3.05, 3.63) is 71.6 Å². The summed E-state index contributed by atoms with van der Waals surface area (Å²) in [6.45, 7) is 2.90. The first-order valence-corrected chi connectivity index (χ1v) is 10.7. The monoisotopic (exact) mass is 437 g/mol. The molecule has 32 heavy (non-hydrogen) atoms. The number of hydrogen-bond donors (Lipinski definition) is 0. The molecule has 0 radical (unpaired) electrons. The van der Waals surface area contributed by atoms with E-state index in [1.165, 1.54) is 31.4 Å². The van der Waals surface area contributed by atoms with Gasteiger partial charge in [-0.1, -0.05) is 56.9 Å². The Morgan fingerprint density at radius 2 is 1.59 bits per heavy atom. The molecule has 0 bridgehead atoms. The van der Waals surface area contributed by atoms with Gasteiger partial charge in [0.1, 0.15) is 12.7 Å². The van der Waals surface area contributed by atoms with Crippen LogP contribution in [-0.2, 0) is 6.61 Å². The zero-order valence-electron chi connectivity index (χ0n) is 18.0. The van der Waals surface area contributed by atoms with Crippen molar-refractivity contribution in [1.29, 1.82) is 5.26 Å². The lowest BCUT2D eigenvalue weighted by atomic mass is 10.1. The van der Waals surface area contributed by atoms with Gasteiger partial charge >= 0.3 is 0 Å². The van der Waals surface area contributed by atoms with Gasteiger partial charge in [-0.15, -0.1) is 0 Å².